The van der Waals surface area contributed by atoms with Gasteiger partial charge in [0.25, 0.3) is 0 Å². The molecular formula is C11H14O4. The number of esters is 1. The molecule has 0 radical (unpaired) electrons. The minimum atomic E-state index is -0.897. The molecule has 2 heterocycles. The number of carbonyl (C=O) groups excluding carboxylic acids is 1. The van der Waals surface area contributed by atoms with Gasteiger partial charge in [-0.15, -0.1) is 0 Å². The van der Waals surface area contributed by atoms with Gasteiger partial charge in [0.05, 0.1) is 18.6 Å². The molecule has 0 aromatic carbocycles. The van der Waals surface area contributed by atoms with Gasteiger partial charge in [-0.25, -0.2) is 0 Å². The number of hydrogen-bond donors (Lipinski definition) is 1. The van der Waals surface area contributed by atoms with Gasteiger partial charge in [0.1, 0.15) is 11.2 Å². The molecule has 0 amide bonds. The lowest BCUT2D eigenvalue weighted by Gasteiger charge is -2.39. The minimum absolute atomic E-state index is 0.181. The van der Waals surface area contributed by atoms with Crippen molar-refractivity contribution in [3.05, 3.63) is 0 Å². The first-order chi connectivity index (χ1) is 7.13. The fourth-order valence-electron chi connectivity index (χ4n) is 3.98. The van der Waals surface area contributed by atoms with Crippen LogP contribution in [0.15, 0.2) is 0 Å². The maximum Gasteiger partial charge on any atom is 0.309 e. The summed E-state index contributed by atoms with van der Waals surface area (Å²) in [5, 5.41) is 10.5. The Hall–Kier alpha value is -0.610. The Morgan fingerprint density at radius 3 is 3.13 bits per heavy atom. The van der Waals surface area contributed by atoms with Gasteiger partial charge in [0.2, 0.25) is 0 Å². The van der Waals surface area contributed by atoms with Gasteiger partial charge in [-0.2, -0.15) is 0 Å². The summed E-state index contributed by atoms with van der Waals surface area (Å²) < 4.78 is 11.0. The number of carbonyl (C=O) groups is 1. The standard InChI is InChI=1S/C11H14O4/c12-9-5-10(13)2-1-6-3-7-8(14-7)4-11(6,10)15-9/h6-8,13H,1-5H2/t6-,7-,8+,10-,11+/m0/s1. The van der Waals surface area contributed by atoms with Crippen LogP contribution in [0, 0.1) is 5.92 Å². The topological polar surface area (TPSA) is 59.1 Å². The van der Waals surface area contributed by atoms with Gasteiger partial charge < -0.3 is 14.6 Å². The van der Waals surface area contributed by atoms with E-state index >= 15 is 0 Å². The Bertz CT molecular complexity index is 354. The van der Waals surface area contributed by atoms with Crippen molar-refractivity contribution in [2.75, 3.05) is 0 Å². The van der Waals surface area contributed by atoms with Crippen LogP contribution in [0.5, 0.6) is 0 Å². The lowest BCUT2D eigenvalue weighted by Crippen LogP contribution is -2.53. The van der Waals surface area contributed by atoms with Crippen LogP contribution in [0.1, 0.15) is 32.1 Å². The van der Waals surface area contributed by atoms with Crippen LogP contribution in [0.25, 0.3) is 0 Å². The maximum absolute atomic E-state index is 11.4. The molecule has 0 bridgehead atoms. The van der Waals surface area contributed by atoms with Gasteiger partial charge in [-0.3, -0.25) is 4.79 Å². The molecule has 4 rings (SSSR count). The normalized spacial score (nSPS) is 60.6. The Morgan fingerprint density at radius 1 is 1.40 bits per heavy atom. The molecule has 0 aromatic heterocycles. The molecule has 0 aromatic rings. The summed E-state index contributed by atoms with van der Waals surface area (Å²) >= 11 is 0. The van der Waals surface area contributed by atoms with E-state index < -0.39 is 11.2 Å². The number of epoxide rings is 1. The molecular weight excluding hydrogens is 196 g/mol. The molecule has 82 valence electrons. The highest BCUT2D eigenvalue weighted by Crippen LogP contribution is 2.61. The van der Waals surface area contributed by atoms with Gasteiger partial charge in [0.15, 0.2) is 0 Å². The number of ether oxygens (including phenoxy) is 2. The summed E-state index contributed by atoms with van der Waals surface area (Å²) in [6, 6.07) is 0. The monoisotopic (exact) mass is 210 g/mol. The zero-order valence-electron chi connectivity index (χ0n) is 8.44. The Kier molecular flexibility index (Phi) is 1.27. The molecule has 2 aliphatic carbocycles. The van der Waals surface area contributed by atoms with E-state index in [9.17, 15) is 9.90 Å². The molecule has 2 aliphatic heterocycles. The Morgan fingerprint density at radius 2 is 2.27 bits per heavy atom. The van der Waals surface area contributed by atoms with Crippen molar-refractivity contribution in [1.29, 1.82) is 0 Å². The second-order valence-electron chi connectivity index (χ2n) is 5.46. The van der Waals surface area contributed by atoms with Crippen LogP contribution < -0.4 is 0 Å². The summed E-state index contributed by atoms with van der Waals surface area (Å²) in [5.74, 6) is 0.0824. The predicted molar refractivity (Wildman–Crippen MR) is 49.0 cm³/mol. The van der Waals surface area contributed by atoms with E-state index in [0.717, 1.165) is 12.8 Å². The third-order valence-corrected chi connectivity index (χ3v) is 4.80. The van der Waals surface area contributed by atoms with Crippen LogP contribution in [0.3, 0.4) is 0 Å². The van der Waals surface area contributed by atoms with E-state index in [-0.39, 0.29) is 18.5 Å². The summed E-state index contributed by atoms with van der Waals surface area (Å²) in [7, 11) is 0. The molecule has 15 heavy (non-hydrogen) atoms. The van der Waals surface area contributed by atoms with Crippen LogP contribution >= 0.6 is 0 Å². The van der Waals surface area contributed by atoms with E-state index in [1.54, 1.807) is 0 Å². The second kappa shape index (κ2) is 2.23. The first kappa shape index (κ1) is 8.53. The predicted octanol–water partition coefficient (Wildman–Crippen LogP) is 0.374. The largest absolute Gasteiger partial charge is 0.455 e. The minimum Gasteiger partial charge on any atom is -0.455 e. The van der Waals surface area contributed by atoms with E-state index in [2.05, 4.69) is 0 Å². The molecule has 4 aliphatic rings. The third kappa shape index (κ3) is 0.843. The van der Waals surface area contributed by atoms with Crippen molar-refractivity contribution in [3.63, 3.8) is 0 Å². The highest BCUT2D eigenvalue weighted by molar-refractivity contribution is 5.75. The Labute approximate surface area is 87.5 Å². The summed E-state index contributed by atoms with van der Waals surface area (Å²) in [6.07, 6.45) is 4.14. The maximum atomic E-state index is 11.4. The highest BCUT2D eigenvalue weighted by atomic mass is 16.6. The van der Waals surface area contributed by atoms with Gasteiger partial charge in [-0.1, -0.05) is 0 Å². The molecule has 1 N–H and O–H groups in total. The fourth-order valence-corrected chi connectivity index (χ4v) is 3.98. The second-order valence-corrected chi connectivity index (χ2v) is 5.46. The van der Waals surface area contributed by atoms with Gasteiger partial charge >= 0.3 is 5.97 Å². The van der Waals surface area contributed by atoms with E-state index in [4.69, 9.17) is 9.47 Å². The zero-order valence-corrected chi connectivity index (χ0v) is 8.44. The molecule has 5 atom stereocenters. The molecule has 2 saturated carbocycles. The summed E-state index contributed by atoms with van der Waals surface area (Å²) in [4.78, 5) is 11.4. The molecule has 0 unspecified atom stereocenters. The zero-order chi connectivity index (χ0) is 10.3. The first-order valence-electron chi connectivity index (χ1n) is 5.73. The number of hydrogen-bond acceptors (Lipinski definition) is 4. The lowest BCUT2D eigenvalue weighted by atomic mass is 9.72. The van der Waals surface area contributed by atoms with E-state index in [0.29, 0.717) is 24.9 Å². The molecule has 1 spiro atoms. The molecule has 4 heteroatoms. The number of aliphatic hydroxyl groups is 1. The SMILES string of the molecule is O=C1C[C@@]2(O)CC[C@H]3C[C@@H]4O[C@@H]4C[C@@]32O1. The molecule has 4 nitrogen and oxygen atoms in total. The van der Waals surface area contributed by atoms with Crippen LogP contribution in [-0.2, 0) is 14.3 Å². The number of fused-ring (bicyclic) bond motifs is 1. The highest BCUT2D eigenvalue weighted by Gasteiger charge is 2.72. The smallest absolute Gasteiger partial charge is 0.309 e. The van der Waals surface area contributed by atoms with E-state index in [1.165, 1.54) is 0 Å². The summed E-state index contributed by atoms with van der Waals surface area (Å²) in [5.41, 5.74) is -1.49. The van der Waals surface area contributed by atoms with Crippen LogP contribution in [0.2, 0.25) is 0 Å². The van der Waals surface area contributed by atoms with Crippen molar-refractivity contribution >= 4 is 5.97 Å². The first-order valence-corrected chi connectivity index (χ1v) is 5.73. The third-order valence-electron chi connectivity index (χ3n) is 4.80. The van der Waals surface area contributed by atoms with Crippen LogP contribution in [-0.4, -0.2) is 34.5 Å². The van der Waals surface area contributed by atoms with Crippen LogP contribution in [0.4, 0.5) is 0 Å². The fraction of sp³-hybridized carbons (Fsp3) is 0.909. The molecule has 4 fully saturated rings. The van der Waals surface area contributed by atoms with Crippen molar-refractivity contribution in [1.82, 2.24) is 0 Å². The van der Waals surface area contributed by atoms with Crippen molar-refractivity contribution in [3.8, 4) is 0 Å². The average molecular weight is 210 g/mol. The van der Waals surface area contributed by atoms with Crippen molar-refractivity contribution in [2.45, 2.75) is 55.5 Å². The average Bonchev–Trinajstić information content (AvgIpc) is 2.78. The van der Waals surface area contributed by atoms with E-state index in [1.807, 2.05) is 0 Å². The Balaban J connectivity index is 1.79. The lowest BCUT2D eigenvalue weighted by molar-refractivity contribution is -0.165. The van der Waals surface area contributed by atoms with Gasteiger partial charge in [0, 0.05) is 12.3 Å². The molecule has 2 saturated heterocycles. The van der Waals surface area contributed by atoms with Crippen molar-refractivity contribution in [2.24, 2.45) is 5.92 Å². The quantitative estimate of drug-likeness (QED) is 0.463. The van der Waals surface area contributed by atoms with Gasteiger partial charge in [-0.05, 0) is 19.3 Å². The van der Waals surface area contributed by atoms with Crippen molar-refractivity contribution < 1.29 is 19.4 Å². The summed E-state index contributed by atoms with van der Waals surface area (Å²) in [6.45, 7) is 0. The number of rotatable bonds is 0.